The second-order valence-corrected chi connectivity index (χ2v) is 9.73. The second kappa shape index (κ2) is 8.30. The van der Waals surface area contributed by atoms with Gasteiger partial charge in [-0.3, -0.25) is 9.80 Å². The van der Waals surface area contributed by atoms with Gasteiger partial charge in [0, 0.05) is 51.9 Å². The summed E-state index contributed by atoms with van der Waals surface area (Å²) in [4.78, 5) is 4.53. The summed E-state index contributed by atoms with van der Waals surface area (Å²) in [5.41, 5.74) is 0.367. The smallest absolute Gasteiger partial charge is 0.296 e. The van der Waals surface area contributed by atoms with Crippen molar-refractivity contribution in [2.75, 3.05) is 39.3 Å². The van der Waals surface area contributed by atoms with Crippen molar-refractivity contribution in [1.29, 1.82) is 0 Å². The molecule has 2 fully saturated rings. The van der Waals surface area contributed by atoms with Gasteiger partial charge in [0.25, 0.3) is 0 Å². The number of fused-ring (bicyclic) bond motifs is 1. The monoisotopic (exact) mass is 439 g/mol. The highest BCUT2D eigenvalue weighted by atomic mass is 32.2. The van der Waals surface area contributed by atoms with Crippen LogP contribution in [0.25, 0.3) is 0 Å². The van der Waals surface area contributed by atoms with Crippen LogP contribution >= 0.6 is 0 Å². The van der Waals surface area contributed by atoms with Crippen molar-refractivity contribution in [2.45, 2.75) is 23.7 Å². The SMILES string of the molecule is O=S(=O)(c1ccc(C(F)(F)F)cc1)N1CCN2CCN(Cc3ccccc3)C[C@@H]2C1. The van der Waals surface area contributed by atoms with Crippen LogP contribution in [0.1, 0.15) is 11.1 Å². The summed E-state index contributed by atoms with van der Waals surface area (Å²) in [5, 5.41) is 0. The van der Waals surface area contributed by atoms with Gasteiger partial charge in [0.05, 0.1) is 10.5 Å². The van der Waals surface area contributed by atoms with Gasteiger partial charge >= 0.3 is 6.18 Å². The Morgan fingerprint density at radius 3 is 2.20 bits per heavy atom. The van der Waals surface area contributed by atoms with E-state index in [1.807, 2.05) is 18.2 Å². The van der Waals surface area contributed by atoms with E-state index in [0.717, 1.165) is 50.4 Å². The number of hydrogen-bond acceptors (Lipinski definition) is 4. The fraction of sp³-hybridized carbons (Fsp3) is 0.429. The normalized spacial score (nSPS) is 22.0. The van der Waals surface area contributed by atoms with Gasteiger partial charge in [-0.05, 0) is 29.8 Å². The molecule has 9 heteroatoms. The molecule has 0 bridgehead atoms. The summed E-state index contributed by atoms with van der Waals surface area (Å²) < 4.78 is 65.8. The Labute approximate surface area is 174 Å². The third kappa shape index (κ3) is 4.54. The molecule has 2 aromatic carbocycles. The molecule has 2 saturated heterocycles. The van der Waals surface area contributed by atoms with Gasteiger partial charge in [0.1, 0.15) is 0 Å². The van der Waals surface area contributed by atoms with Crippen LogP contribution in [0.15, 0.2) is 59.5 Å². The molecule has 2 aliphatic rings. The first kappa shape index (κ1) is 21.3. The van der Waals surface area contributed by atoms with Crippen LogP contribution in [0.3, 0.4) is 0 Å². The van der Waals surface area contributed by atoms with Crippen LogP contribution in [-0.2, 0) is 22.7 Å². The average molecular weight is 440 g/mol. The van der Waals surface area contributed by atoms with E-state index in [1.54, 1.807) is 0 Å². The zero-order valence-electron chi connectivity index (χ0n) is 16.4. The van der Waals surface area contributed by atoms with Crippen LogP contribution in [-0.4, -0.2) is 67.8 Å². The van der Waals surface area contributed by atoms with Crippen LogP contribution in [0.4, 0.5) is 13.2 Å². The minimum atomic E-state index is -4.49. The molecule has 0 unspecified atom stereocenters. The number of halogens is 3. The van der Waals surface area contributed by atoms with Crippen molar-refractivity contribution in [2.24, 2.45) is 0 Å². The minimum Gasteiger partial charge on any atom is -0.296 e. The first-order valence-corrected chi connectivity index (χ1v) is 11.4. The third-order valence-corrected chi connectivity index (χ3v) is 7.69. The second-order valence-electron chi connectivity index (χ2n) is 7.80. The van der Waals surface area contributed by atoms with E-state index in [-0.39, 0.29) is 10.9 Å². The van der Waals surface area contributed by atoms with Crippen molar-refractivity contribution in [3.63, 3.8) is 0 Å². The summed E-state index contributed by atoms with van der Waals surface area (Å²) in [6, 6.07) is 14.0. The van der Waals surface area contributed by atoms with E-state index in [9.17, 15) is 21.6 Å². The quantitative estimate of drug-likeness (QED) is 0.735. The summed E-state index contributed by atoms with van der Waals surface area (Å²) in [6.45, 7) is 4.70. The highest BCUT2D eigenvalue weighted by molar-refractivity contribution is 7.89. The molecule has 0 aromatic heterocycles. The van der Waals surface area contributed by atoms with Gasteiger partial charge < -0.3 is 0 Å². The number of nitrogens with zero attached hydrogens (tertiary/aromatic N) is 3. The topological polar surface area (TPSA) is 43.9 Å². The summed E-state index contributed by atoms with van der Waals surface area (Å²) in [7, 11) is -3.83. The fourth-order valence-corrected chi connectivity index (χ4v) is 5.63. The molecule has 2 heterocycles. The lowest BCUT2D eigenvalue weighted by Crippen LogP contribution is -2.62. The Bertz CT molecular complexity index is 965. The molecule has 0 spiro atoms. The van der Waals surface area contributed by atoms with Crippen molar-refractivity contribution in [3.8, 4) is 0 Å². The lowest BCUT2D eigenvalue weighted by Gasteiger charge is -2.46. The average Bonchev–Trinajstić information content (AvgIpc) is 2.73. The Morgan fingerprint density at radius 1 is 0.867 bits per heavy atom. The van der Waals surface area contributed by atoms with E-state index >= 15 is 0 Å². The maximum atomic E-state index is 13.0. The minimum absolute atomic E-state index is 0.0698. The molecule has 1 atom stereocenters. The fourth-order valence-electron chi connectivity index (χ4n) is 4.16. The van der Waals surface area contributed by atoms with Gasteiger partial charge in [0.2, 0.25) is 10.0 Å². The molecule has 30 heavy (non-hydrogen) atoms. The third-order valence-electron chi connectivity index (χ3n) is 5.81. The molecule has 5 nitrogen and oxygen atoms in total. The van der Waals surface area contributed by atoms with Crippen LogP contribution in [0.2, 0.25) is 0 Å². The zero-order chi connectivity index (χ0) is 21.4. The van der Waals surface area contributed by atoms with Gasteiger partial charge in [-0.2, -0.15) is 17.5 Å². The first-order chi connectivity index (χ1) is 14.2. The molecule has 0 N–H and O–H groups in total. The van der Waals surface area contributed by atoms with Crippen molar-refractivity contribution in [1.82, 2.24) is 14.1 Å². The Morgan fingerprint density at radius 2 is 1.53 bits per heavy atom. The number of rotatable bonds is 4. The Kier molecular flexibility index (Phi) is 5.89. The van der Waals surface area contributed by atoms with E-state index < -0.39 is 21.8 Å². The standard InChI is InChI=1S/C21H24F3N3O2S/c22-21(23,24)18-6-8-20(9-7-18)30(28,29)27-13-12-26-11-10-25(15-19(26)16-27)14-17-4-2-1-3-5-17/h1-9,19H,10-16H2/t19-/m1/s1. The molecule has 4 rings (SSSR count). The summed E-state index contributed by atoms with van der Waals surface area (Å²) in [5.74, 6) is 0. The number of alkyl halides is 3. The summed E-state index contributed by atoms with van der Waals surface area (Å²) in [6.07, 6.45) is -4.49. The largest absolute Gasteiger partial charge is 0.416 e. The molecular weight excluding hydrogens is 415 g/mol. The maximum Gasteiger partial charge on any atom is 0.416 e. The van der Waals surface area contributed by atoms with Gasteiger partial charge in [-0.1, -0.05) is 30.3 Å². The van der Waals surface area contributed by atoms with E-state index in [4.69, 9.17) is 0 Å². The molecule has 0 amide bonds. The van der Waals surface area contributed by atoms with Crippen LogP contribution < -0.4 is 0 Å². The molecule has 0 saturated carbocycles. The van der Waals surface area contributed by atoms with E-state index in [2.05, 4.69) is 21.9 Å². The number of benzene rings is 2. The van der Waals surface area contributed by atoms with E-state index in [1.165, 1.54) is 9.87 Å². The number of sulfonamides is 1. The molecule has 2 aliphatic heterocycles. The Balaban J connectivity index is 1.44. The number of hydrogen-bond donors (Lipinski definition) is 0. The lowest BCUT2D eigenvalue weighted by atomic mass is 10.1. The van der Waals surface area contributed by atoms with Gasteiger partial charge in [-0.25, -0.2) is 8.42 Å². The Hall–Kier alpha value is -1.94. The van der Waals surface area contributed by atoms with Gasteiger partial charge in [-0.15, -0.1) is 0 Å². The predicted molar refractivity (Wildman–Crippen MR) is 107 cm³/mol. The first-order valence-electron chi connectivity index (χ1n) is 9.91. The summed E-state index contributed by atoms with van der Waals surface area (Å²) >= 11 is 0. The van der Waals surface area contributed by atoms with E-state index in [0.29, 0.717) is 19.6 Å². The van der Waals surface area contributed by atoms with Crippen molar-refractivity contribution < 1.29 is 21.6 Å². The van der Waals surface area contributed by atoms with Crippen LogP contribution in [0, 0.1) is 0 Å². The highest BCUT2D eigenvalue weighted by Gasteiger charge is 2.37. The lowest BCUT2D eigenvalue weighted by molar-refractivity contribution is -0.137. The molecule has 2 aromatic rings. The highest BCUT2D eigenvalue weighted by Crippen LogP contribution is 2.30. The zero-order valence-corrected chi connectivity index (χ0v) is 17.2. The van der Waals surface area contributed by atoms with Crippen molar-refractivity contribution in [3.05, 3.63) is 65.7 Å². The predicted octanol–water partition coefficient (Wildman–Crippen LogP) is 2.90. The van der Waals surface area contributed by atoms with Crippen LogP contribution in [0.5, 0.6) is 0 Å². The molecular formula is C21H24F3N3O2S. The molecule has 162 valence electrons. The molecule has 0 radical (unpaired) electrons. The number of piperazine rings is 2. The van der Waals surface area contributed by atoms with Gasteiger partial charge in [0.15, 0.2) is 0 Å². The molecule has 0 aliphatic carbocycles. The van der Waals surface area contributed by atoms with Crippen molar-refractivity contribution >= 4 is 10.0 Å². The maximum absolute atomic E-state index is 13.0.